The summed E-state index contributed by atoms with van der Waals surface area (Å²) in [4.78, 5) is 0. The standard InChI is InChI=1S/C10H18N2S/c1-2-13-10-5-4-9(8-10)12-7-3-6-11/h9-10,12H,2-5,7-8H2,1H3. The fourth-order valence-electron chi connectivity index (χ4n) is 1.84. The van der Waals surface area contributed by atoms with Crippen LogP contribution in [0, 0.1) is 11.3 Å². The van der Waals surface area contributed by atoms with Gasteiger partial charge >= 0.3 is 0 Å². The van der Waals surface area contributed by atoms with Crippen LogP contribution in [-0.4, -0.2) is 23.6 Å². The fraction of sp³-hybridized carbons (Fsp3) is 0.900. The second-order valence-corrected chi connectivity index (χ2v) is 5.03. The van der Waals surface area contributed by atoms with Crippen molar-refractivity contribution in [1.82, 2.24) is 5.32 Å². The van der Waals surface area contributed by atoms with Gasteiger partial charge in [0.05, 0.1) is 6.07 Å². The van der Waals surface area contributed by atoms with E-state index in [4.69, 9.17) is 5.26 Å². The van der Waals surface area contributed by atoms with Gasteiger partial charge in [-0.3, -0.25) is 0 Å². The molecule has 1 aliphatic rings. The highest BCUT2D eigenvalue weighted by Gasteiger charge is 2.23. The van der Waals surface area contributed by atoms with E-state index >= 15 is 0 Å². The topological polar surface area (TPSA) is 35.8 Å². The molecule has 74 valence electrons. The highest BCUT2D eigenvalue weighted by molar-refractivity contribution is 7.99. The molecule has 0 amide bonds. The summed E-state index contributed by atoms with van der Waals surface area (Å²) in [7, 11) is 0. The lowest BCUT2D eigenvalue weighted by atomic mass is 10.2. The van der Waals surface area contributed by atoms with Crippen LogP contribution in [0.5, 0.6) is 0 Å². The summed E-state index contributed by atoms with van der Waals surface area (Å²) in [5, 5.41) is 12.7. The van der Waals surface area contributed by atoms with Gasteiger partial charge < -0.3 is 5.32 Å². The first-order valence-corrected chi connectivity index (χ1v) is 6.13. The highest BCUT2D eigenvalue weighted by atomic mass is 32.2. The van der Waals surface area contributed by atoms with E-state index in [0.717, 1.165) is 11.8 Å². The van der Waals surface area contributed by atoms with E-state index in [1.165, 1.54) is 25.0 Å². The maximum atomic E-state index is 8.38. The van der Waals surface area contributed by atoms with Crippen molar-refractivity contribution in [2.75, 3.05) is 12.3 Å². The smallest absolute Gasteiger partial charge is 0.0635 e. The minimum atomic E-state index is 0.641. The lowest BCUT2D eigenvalue weighted by Crippen LogP contribution is -2.27. The lowest BCUT2D eigenvalue weighted by molar-refractivity contribution is 0.533. The monoisotopic (exact) mass is 198 g/mol. The van der Waals surface area contributed by atoms with Gasteiger partial charge in [0.15, 0.2) is 0 Å². The molecule has 2 atom stereocenters. The number of nitriles is 1. The van der Waals surface area contributed by atoms with Crippen LogP contribution >= 0.6 is 11.8 Å². The average molecular weight is 198 g/mol. The summed E-state index contributed by atoms with van der Waals surface area (Å²) in [5.74, 6) is 1.23. The molecular weight excluding hydrogens is 180 g/mol. The third-order valence-electron chi connectivity index (χ3n) is 2.46. The predicted molar refractivity (Wildman–Crippen MR) is 57.8 cm³/mol. The normalized spacial score (nSPS) is 27.4. The number of hydrogen-bond acceptors (Lipinski definition) is 3. The molecule has 0 bridgehead atoms. The molecule has 0 saturated heterocycles. The van der Waals surface area contributed by atoms with Crippen molar-refractivity contribution in [3.05, 3.63) is 0 Å². The minimum Gasteiger partial charge on any atom is -0.313 e. The van der Waals surface area contributed by atoms with Crippen molar-refractivity contribution in [3.63, 3.8) is 0 Å². The predicted octanol–water partition coefficient (Wildman–Crippen LogP) is 2.16. The Morgan fingerprint density at radius 3 is 3.08 bits per heavy atom. The van der Waals surface area contributed by atoms with Gasteiger partial charge in [-0.15, -0.1) is 0 Å². The summed E-state index contributed by atoms with van der Waals surface area (Å²) >= 11 is 2.08. The van der Waals surface area contributed by atoms with Crippen LogP contribution in [0.2, 0.25) is 0 Å². The lowest BCUT2D eigenvalue weighted by Gasteiger charge is -2.11. The Morgan fingerprint density at radius 1 is 1.54 bits per heavy atom. The quantitative estimate of drug-likeness (QED) is 0.688. The third kappa shape index (κ3) is 4.02. The van der Waals surface area contributed by atoms with E-state index in [1.54, 1.807) is 0 Å². The summed E-state index contributed by atoms with van der Waals surface area (Å²) < 4.78 is 0. The number of hydrogen-bond donors (Lipinski definition) is 1. The second-order valence-electron chi connectivity index (χ2n) is 3.45. The Labute approximate surface area is 85.1 Å². The van der Waals surface area contributed by atoms with Gasteiger partial charge in [-0.05, 0) is 25.0 Å². The van der Waals surface area contributed by atoms with Gasteiger partial charge in [-0.2, -0.15) is 17.0 Å². The number of thioether (sulfide) groups is 1. The van der Waals surface area contributed by atoms with Gasteiger partial charge in [-0.25, -0.2) is 0 Å². The molecule has 1 fully saturated rings. The first kappa shape index (κ1) is 10.9. The van der Waals surface area contributed by atoms with Crippen LogP contribution in [0.3, 0.4) is 0 Å². The Hall–Kier alpha value is -0.200. The van der Waals surface area contributed by atoms with E-state index in [0.29, 0.717) is 12.5 Å². The Kier molecular flexibility index (Phi) is 5.26. The molecule has 0 heterocycles. The number of nitrogens with one attached hydrogen (secondary N) is 1. The summed E-state index contributed by atoms with van der Waals surface area (Å²) in [6, 6.07) is 2.84. The minimum absolute atomic E-state index is 0.641. The van der Waals surface area contributed by atoms with Crippen LogP contribution in [0.15, 0.2) is 0 Å². The zero-order chi connectivity index (χ0) is 9.52. The SMILES string of the molecule is CCSC1CCC(NCCC#N)C1. The van der Waals surface area contributed by atoms with Crippen LogP contribution in [0.4, 0.5) is 0 Å². The molecule has 0 radical (unpaired) electrons. The second kappa shape index (κ2) is 6.28. The Balaban J connectivity index is 2.07. The third-order valence-corrected chi connectivity index (χ3v) is 3.69. The summed E-state index contributed by atoms with van der Waals surface area (Å²) in [5.41, 5.74) is 0. The number of rotatable bonds is 5. The van der Waals surface area contributed by atoms with Crippen molar-refractivity contribution in [1.29, 1.82) is 5.26 Å². The van der Waals surface area contributed by atoms with E-state index in [-0.39, 0.29) is 0 Å². The van der Waals surface area contributed by atoms with Gasteiger partial charge in [0.2, 0.25) is 0 Å². The molecule has 0 aromatic rings. The van der Waals surface area contributed by atoms with Crippen molar-refractivity contribution in [2.45, 2.75) is 43.9 Å². The molecule has 13 heavy (non-hydrogen) atoms. The van der Waals surface area contributed by atoms with Gasteiger partial charge in [0, 0.05) is 24.3 Å². The summed E-state index contributed by atoms with van der Waals surface area (Å²) in [6.45, 7) is 3.09. The van der Waals surface area contributed by atoms with Crippen LogP contribution in [0.1, 0.15) is 32.6 Å². The maximum Gasteiger partial charge on any atom is 0.0635 e. The zero-order valence-corrected chi connectivity index (χ0v) is 9.07. The number of nitrogens with zero attached hydrogens (tertiary/aromatic N) is 1. The molecule has 2 nitrogen and oxygen atoms in total. The largest absolute Gasteiger partial charge is 0.313 e. The Morgan fingerprint density at radius 2 is 2.38 bits per heavy atom. The Bertz CT molecular complexity index is 176. The van der Waals surface area contributed by atoms with Crippen LogP contribution in [-0.2, 0) is 0 Å². The van der Waals surface area contributed by atoms with Crippen LogP contribution in [0.25, 0.3) is 0 Å². The van der Waals surface area contributed by atoms with E-state index < -0.39 is 0 Å². The van der Waals surface area contributed by atoms with Crippen molar-refractivity contribution in [3.8, 4) is 6.07 Å². The van der Waals surface area contributed by atoms with Crippen LogP contribution < -0.4 is 5.32 Å². The van der Waals surface area contributed by atoms with E-state index in [1.807, 2.05) is 0 Å². The van der Waals surface area contributed by atoms with E-state index in [9.17, 15) is 0 Å². The molecule has 1 rings (SSSR count). The summed E-state index contributed by atoms with van der Waals surface area (Å²) in [6.07, 6.45) is 4.58. The molecule has 0 aromatic heterocycles. The fourth-order valence-corrected chi connectivity index (χ4v) is 2.99. The molecule has 2 unspecified atom stereocenters. The molecule has 0 spiro atoms. The van der Waals surface area contributed by atoms with Gasteiger partial charge in [0.25, 0.3) is 0 Å². The van der Waals surface area contributed by atoms with E-state index in [2.05, 4.69) is 30.1 Å². The molecule has 1 N–H and O–H groups in total. The first-order chi connectivity index (χ1) is 6.36. The highest BCUT2D eigenvalue weighted by Crippen LogP contribution is 2.29. The van der Waals surface area contributed by atoms with Gasteiger partial charge in [-0.1, -0.05) is 6.92 Å². The molecule has 3 heteroatoms. The molecule has 1 saturated carbocycles. The van der Waals surface area contributed by atoms with Crippen molar-refractivity contribution in [2.24, 2.45) is 0 Å². The first-order valence-electron chi connectivity index (χ1n) is 5.08. The maximum absolute atomic E-state index is 8.38. The van der Waals surface area contributed by atoms with Crippen molar-refractivity contribution < 1.29 is 0 Å². The molecular formula is C10H18N2S. The zero-order valence-electron chi connectivity index (χ0n) is 8.25. The molecule has 0 aromatic carbocycles. The molecule has 1 aliphatic carbocycles. The average Bonchev–Trinajstić information content (AvgIpc) is 2.54. The van der Waals surface area contributed by atoms with Gasteiger partial charge in [0.1, 0.15) is 0 Å². The molecule has 0 aliphatic heterocycles. The van der Waals surface area contributed by atoms with Crippen molar-refractivity contribution >= 4 is 11.8 Å².